The molecule has 0 amide bonds. The Bertz CT molecular complexity index is 836. The summed E-state index contributed by atoms with van der Waals surface area (Å²) in [4.78, 5) is 37.7. The second kappa shape index (κ2) is 4.52. The molecule has 0 radical (unpaired) electrons. The van der Waals surface area contributed by atoms with E-state index >= 15 is 0 Å². The first-order valence-corrected chi connectivity index (χ1v) is 11.2. The second-order valence-corrected chi connectivity index (χ2v) is 11.6. The number of carbonyl (C=O) groups is 3. The minimum absolute atomic E-state index is 0.0359. The normalized spacial score (nSPS) is 60.6. The number of ether oxygens (including phenoxy) is 2. The molecule has 5 heteroatoms. The van der Waals surface area contributed by atoms with E-state index in [0.717, 1.165) is 32.1 Å². The van der Waals surface area contributed by atoms with E-state index in [9.17, 15) is 14.4 Å². The van der Waals surface area contributed by atoms with Gasteiger partial charge in [0, 0.05) is 23.7 Å². The van der Waals surface area contributed by atoms with Gasteiger partial charge in [0.1, 0.15) is 11.9 Å². The quantitative estimate of drug-likeness (QED) is 0.697. The SMILES string of the molecule is CC12CC1(C)C2C(=O)OCC(=O)OC1C2CC3CC4C(=O)C5CCC5C1C42C3. The van der Waals surface area contributed by atoms with Crippen LogP contribution in [-0.4, -0.2) is 30.4 Å². The summed E-state index contributed by atoms with van der Waals surface area (Å²) in [6.45, 7) is 3.98. The highest BCUT2D eigenvalue weighted by molar-refractivity contribution is 5.88. The van der Waals surface area contributed by atoms with Gasteiger partial charge >= 0.3 is 11.9 Å². The van der Waals surface area contributed by atoms with Crippen LogP contribution in [0.2, 0.25) is 0 Å². The van der Waals surface area contributed by atoms with E-state index in [-0.39, 0.29) is 52.7 Å². The second-order valence-electron chi connectivity index (χ2n) is 11.6. The maximum atomic E-state index is 12.9. The highest BCUT2D eigenvalue weighted by Crippen LogP contribution is 2.89. The number of hydrogen-bond acceptors (Lipinski definition) is 5. The molecular formula is C23H28O5. The maximum absolute atomic E-state index is 12.9. The third kappa shape index (κ3) is 1.53. The molecule has 28 heavy (non-hydrogen) atoms. The molecule has 0 aromatic heterocycles. The lowest BCUT2D eigenvalue weighted by molar-refractivity contribution is -0.256. The monoisotopic (exact) mass is 384 g/mol. The summed E-state index contributed by atoms with van der Waals surface area (Å²) in [7, 11) is 0. The van der Waals surface area contributed by atoms with Gasteiger partial charge < -0.3 is 9.47 Å². The van der Waals surface area contributed by atoms with Gasteiger partial charge in [-0.2, -0.15) is 0 Å². The summed E-state index contributed by atoms with van der Waals surface area (Å²) in [5, 5.41) is 0. The van der Waals surface area contributed by atoms with Crippen LogP contribution >= 0.6 is 0 Å². The van der Waals surface area contributed by atoms with Crippen molar-refractivity contribution in [1.82, 2.24) is 0 Å². The van der Waals surface area contributed by atoms with Gasteiger partial charge in [0.05, 0.1) is 5.92 Å². The van der Waals surface area contributed by atoms with Crippen molar-refractivity contribution in [3.05, 3.63) is 0 Å². The summed E-state index contributed by atoms with van der Waals surface area (Å²) in [6, 6.07) is 0. The molecule has 0 saturated heterocycles. The Morgan fingerprint density at radius 1 is 1.14 bits per heavy atom. The number of hydrogen-bond donors (Lipinski definition) is 0. The van der Waals surface area contributed by atoms with Gasteiger partial charge in [-0.3, -0.25) is 9.59 Å². The number of Topliss-reactive ketones (excluding diaryl/α,β-unsaturated/α-hetero) is 1. The number of rotatable bonds is 4. The Labute approximate surface area is 164 Å². The van der Waals surface area contributed by atoms with E-state index in [0.29, 0.717) is 29.5 Å². The smallest absolute Gasteiger partial charge is 0.344 e. The molecule has 7 fully saturated rings. The van der Waals surface area contributed by atoms with Crippen LogP contribution in [0.3, 0.4) is 0 Å². The zero-order chi connectivity index (χ0) is 19.2. The van der Waals surface area contributed by atoms with Gasteiger partial charge in [-0.15, -0.1) is 0 Å². The fraction of sp³-hybridized carbons (Fsp3) is 0.870. The van der Waals surface area contributed by atoms with Crippen molar-refractivity contribution < 1.29 is 23.9 Å². The Balaban J connectivity index is 1.04. The van der Waals surface area contributed by atoms with Crippen LogP contribution in [-0.2, 0) is 23.9 Å². The molecule has 0 heterocycles. The predicted octanol–water partition coefficient (Wildman–Crippen LogP) is 2.76. The molecule has 7 rings (SSSR count). The minimum Gasteiger partial charge on any atom is -0.459 e. The first-order chi connectivity index (χ1) is 13.3. The highest BCUT2D eigenvalue weighted by Gasteiger charge is 2.88. The van der Waals surface area contributed by atoms with E-state index in [4.69, 9.17) is 9.47 Å². The number of esters is 2. The first-order valence-electron chi connectivity index (χ1n) is 11.2. The minimum atomic E-state index is -0.398. The van der Waals surface area contributed by atoms with Crippen molar-refractivity contribution in [3.8, 4) is 0 Å². The van der Waals surface area contributed by atoms with Crippen molar-refractivity contribution in [1.29, 1.82) is 0 Å². The van der Waals surface area contributed by atoms with E-state index in [1.807, 2.05) is 0 Å². The molecule has 7 saturated carbocycles. The van der Waals surface area contributed by atoms with Gasteiger partial charge in [-0.25, -0.2) is 4.79 Å². The molecule has 0 N–H and O–H groups in total. The zero-order valence-corrected chi connectivity index (χ0v) is 16.6. The molecule has 10 unspecified atom stereocenters. The molecule has 7 aliphatic rings. The van der Waals surface area contributed by atoms with E-state index in [1.165, 1.54) is 6.42 Å². The molecule has 2 bridgehead atoms. The summed E-state index contributed by atoms with van der Waals surface area (Å²) >= 11 is 0. The third-order valence-electron chi connectivity index (χ3n) is 10.9. The zero-order valence-electron chi connectivity index (χ0n) is 16.6. The number of ketones is 1. The average molecular weight is 384 g/mol. The lowest BCUT2D eigenvalue weighted by Gasteiger charge is -2.68. The van der Waals surface area contributed by atoms with E-state index in [2.05, 4.69) is 13.8 Å². The molecular weight excluding hydrogens is 356 g/mol. The molecule has 10 atom stereocenters. The van der Waals surface area contributed by atoms with Gasteiger partial charge in [-0.05, 0) is 66.6 Å². The number of fused-ring (bicyclic) bond motifs is 4. The molecule has 0 aromatic carbocycles. The van der Waals surface area contributed by atoms with Crippen LogP contribution in [0, 0.1) is 57.7 Å². The molecule has 1 spiro atoms. The lowest BCUT2D eigenvalue weighted by atomic mass is 9.36. The summed E-state index contributed by atoms with van der Waals surface area (Å²) in [6.07, 6.45) is 6.52. The molecule has 150 valence electrons. The van der Waals surface area contributed by atoms with Crippen molar-refractivity contribution in [3.63, 3.8) is 0 Å². The average Bonchev–Trinajstić information content (AvgIpc) is 3.14. The van der Waals surface area contributed by atoms with E-state index in [1.54, 1.807) is 0 Å². The lowest BCUT2D eigenvalue weighted by Crippen LogP contribution is -2.72. The molecule has 0 aromatic rings. The van der Waals surface area contributed by atoms with Gasteiger partial charge in [0.15, 0.2) is 6.61 Å². The Morgan fingerprint density at radius 2 is 1.93 bits per heavy atom. The largest absolute Gasteiger partial charge is 0.459 e. The van der Waals surface area contributed by atoms with Crippen molar-refractivity contribution in [2.45, 2.75) is 58.5 Å². The van der Waals surface area contributed by atoms with Crippen LogP contribution < -0.4 is 0 Å². The van der Waals surface area contributed by atoms with Crippen molar-refractivity contribution in [2.24, 2.45) is 57.7 Å². The first kappa shape index (κ1) is 16.4. The Morgan fingerprint density at radius 3 is 2.57 bits per heavy atom. The highest BCUT2D eigenvalue weighted by atomic mass is 16.6. The van der Waals surface area contributed by atoms with Gasteiger partial charge in [0.2, 0.25) is 0 Å². The van der Waals surface area contributed by atoms with Crippen LogP contribution in [0.1, 0.15) is 52.4 Å². The molecule has 5 nitrogen and oxygen atoms in total. The Hall–Kier alpha value is -1.39. The topological polar surface area (TPSA) is 69.7 Å². The van der Waals surface area contributed by atoms with Crippen molar-refractivity contribution in [2.75, 3.05) is 6.61 Å². The van der Waals surface area contributed by atoms with Crippen LogP contribution in [0.25, 0.3) is 0 Å². The number of carbonyl (C=O) groups excluding carboxylic acids is 3. The fourth-order valence-electron chi connectivity index (χ4n) is 9.35. The predicted molar refractivity (Wildman–Crippen MR) is 96.6 cm³/mol. The summed E-state index contributed by atoms with van der Waals surface area (Å²) in [5.74, 6) is 2.13. The third-order valence-corrected chi connectivity index (χ3v) is 10.9. The fourth-order valence-corrected chi connectivity index (χ4v) is 9.35. The summed E-state index contributed by atoms with van der Waals surface area (Å²) < 4.78 is 11.2. The van der Waals surface area contributed by atoms with Crippen LogP contribution in [0.4, 0.5) is 0 Å². The van der Waals surface area contributed by atoms with Gasteiger partial charge in [-0.1, -0.05) is 13.8 Å². The summed E-state index contributed by atoms with van der Waals surface area (Å²) in [5.41, 5.74) is 0.365. The standard InChI is InChI=1S/C23H28O5/c1-21-9-22(21,2)19(21)20(26)27-8-15(24)28-18-14-6-10-5-13-17(25)12-4-3-11(12)16(18)23(13,14)7-10/h10-14,16,18-19H,3-9H2,1-2H3. The van der Waals surface area contributed by atoms with Crippen LogP contribution in [0.5, 0.6) is 0 Å². The Kier molecular flexibility index (Phi) is 2.65. The molecule has 0 aliphatic heterocycles. The van der Waals surface area contributed by atoms with Crippen molar-refractivity contribution >= 4 is 17.7 Å². The van der Waals surface area contributed by atoms with Gasteiger partial charge in [0.25, 0.3) is 0 Å². The molecule has 7 aliphatic carbocycles. The maximum Gasteiger partial charge on any atom is 0.344 e. The van der Waals surface area contributed by atoms with Crippen LogP contribution in [0.15, 0.2) is 0 Å². The van der Waals surface area contributed by atoms with E-state index < -0.39 is 5.97 Å².